The Morgan fingerprint density at radius 3 is 2.19 bits per heavy atom. The summed E-state index contributed by atoms with van der Waals surface area (Å²) in [6.45, 7) is 11.4. The first-order valence-corrected chi connectivity index (χ1v) is 9.46. The lowest BCUT2D eigenvalue weighted by atomic mass is 9.80. The number of aliphatic hydroxyl groups excluding tert-OH is 2. The first-order chi connectivity index (χ1) is 11.9. The van der Waals surface area contributed by atoms with Gasteiger partial charge in [0, 0.05) is 18.8 Å². The summed E-state index contributed by atoms with van der Waals surface area (Å²) in [6, 6.07) is 0. The van der Waals surface area contributed by atoms with Crippen LogP contribution in [0.25, 0.3) is 0 Å². The highest BCUT2D eigenvalue weighted by molar-refractivity contribution is 6.02. The SMILES string of the molecule is CC(C)=CCC1C(O)C(C(=O)CC(C)C)=C(O)C1(O)C(=O)CCC(C)C. The summed E-state index contributed by atoms with van der Waals surface area (Å²) in [5.41, 5.74) is -1.44. The van der Waals surface area contributed by atoms with Gasteiger partial charge in [0.2, 0.25) is 0 Å². The minimum Gasteiger partial charge on any atom is -0.508 e. The Bertz CT molecular complexity index is 596. The molecule has 0 saturated carbocycles. The molecule has 5 heteroatoms. The second-order valence-electron chi connectivity index (χ2n) is 8.47. The number of Topliss-reactive ketones (excluding diaryl/α,β-unsaturated/α-hetero) is 2. The summed E-state index contributed by atoms with van der Waals surface area (Å²) in [6.07, 6.45) is 1.44. The summed E-state index contributed by atoms with van der Waals surface area (Å²) in [5.74, 6) is -2.27. The molecule has 0 aliphatic heterocycles. The molecule has 26 heavy (non-hydrogen) atoms. The van der Waals surface area contributed by atoms with Crippen LogP contribution in [0.5, 0.6) is 0 Å². The van der Waals surface area contributed by atoms with Gasteiger partial charge in [0.25, 0.3) is 0 Å². The standard InChI is InChI=1S/C21H34O5/c1-12(2)7-9-15-19(24)18(16(22)11-14(5)6)20(25)21(15,26)17(23)10-8-13(3)4/h7,13-15,19,24-26H,8-11H2,1-6H3. The first kappa shape index (κ1) is 22.6. The highest BCUT2D eigenvalue weighted by atomic mass is 16.4. The Morgan fingerprint density at radius 1 is 1.15 bits per heavy atom. The van der Waals surface area contributed by atoms with E-state index in [1.807, 2.05) is 41.5 Å². The van der Waals surface area contributed by atoms with Crippen molar-refractivity contribution >= 4 is 11.6 Å². The fourth-order valence-electron chi connectivity index (χ4n) is 3.34. The van der Waals surface area contributed by atoms with E-state index < -0.39 is 34.9 Å². The highest BCUT2D eigenvalue weighted by Gasteiger charge is 2.58. The number of allylic oxidation sites excluding steroid dienone is 2. The molecule has 0 fully saturated rings. The maximum Gasteiger partial charge on any atom is 0.186 e. The molecule has 0 aromatic carbocycles. The lowest BCUT2D eigenvalue weighted by molar-refractivity contribution is -0.143. The van der Waals surface area contributed by atoms with Crippen molar-refractivity contribution in [2.24, 2.45) is 17.8 Å². The molecule has 0 bridgehead atoms. The van der Waals surface area contributed by atoms with E-state index in [2.05, 4.69) is 0 Å². The Kier molecular flexibility index (Phi) is 7.78. The van der Waals surface area contributed by atoms with Crippen molar-refractivity contribution in [1.29, 1.82) is 0 Å². The van der Waals surface area contributed by atoms with E-state index in [0.717, 1.165) is 5.57 Å². The van der Waals surface area contributed by atoms with E-state index in [4.69, 9.17) is 0 Å². The van der Waals surface area contributed by atoms with Gasteiger partial charge in [0.1, 0.15) is 5.76 Å². The molecule has 1 aliphatic carbocycles. The number of hydrogen-bond acceptors (Lipinski definition) is 5. The van der Waals surface area contributed by atoms with E-state index in [-0.39, 0.29) is 36.7 Å². The zero-order chi connectivity index (χ0) is 20.2. The molecule has 0 spiro atoms. The molecule has 0 amide bonds. The third-order valence-corrected chi connectivity index (χ3v) is 4.88. The molecular weight excluding hydrogens is 332 g/mol. The van der Waals surface area contributed by atoms with Crippen molar-refractivity contribution in [3.05, 3.63) is 23.0 Å². The van der Waals surface area contributed by atoms with Crippen LogP contribution in [-0.4, -0.2) is 38.6 Å². The van der Waals surface area contributed by atoms with Crippen LogP contribution in [0.15, 0.2) is 23.0 Å². The summed E-state index contributed by atoms with van der Waals surface area (Å²) in [4.78, 5) is 25.3. The van der Waals surface area contributed by atoms with E-state index in [1.165, 1.54) is 0 Å². The lowest BCUT2D eigenvalue weighted by Gasteiger charge is -2.30. The van der Waals surface area contributed by atoms with Crippen LogP contribution in [0.3, 0.4) is 0 Å². The van der Waals surface area contributed by atoms with Crippen LogP contribution in [-0.2, 0) is 9.59 Å². The Morgan fingerprint density at radius 2 is 1.73 bits per heavy atom. The van der Waals surface area contributed by atoms with Crippen molar-refractivity contribution < 1.29 is 24.9 Å². The Labute approximate surface area is 156 Å². The molecule has 0 radical (unpaired) electrons. The van der Waals surface area contributed by atoms with Crippen molar-refractivity contribution in [1.82, 2.24) is 0 Å². The van der Waals surface area contributed by atoms with Crippen LogP contribution >= 0.6 is 0 Å². The minimum atomic E-state index is -2.21. The fourth-order valence-corrected chi connectivity index (χ4v) is 3.34. The second kappa shape index (κ2) is 8.96. The Balaban J connectivity index is 3.31. The number of ketones is 2. The summed E-state index contributed by atoms with van der Waals surface area (Å²) in [7, 11) is 0. The van der Waals surface area contributed by atoms with E-state index in [1.54, 1.807) is 6.08 Å². The van der Waals surface area contributed by atoms with E-state index >= 15 is 0 Å². The molecule has 0 saturated heterocycles. The van der Waals surface area contributed by atoms with Crippen molar-refractivity contribution in [3.8, 4) is 0 Å². The molecule has 1 rings (SSSR count). The van der Waals surface area contributed by atoms with E-state index in [9.17, 15) is 24.9 Å². The molecule has 5 nitrogen and oxygen atoms in total. The average molecular weight is 366 g/mol. The molecule has 1 aliphatic rings. The molecule has 0 heterocycles. The largest absolute Gasteiger partial charge is 0.508 e. The van der Waals surface area contributed by atoms with Gasteiger partial charge in [-0.2, -0.15) is 0 Å². The molecule has 3 atom stereocenters. The monoisotopic (exact) mass is 366 g/mol. The molecule has 3 N–H and O–H groups in total. The van der Waals surface area contributed by atoms with Crippen LogP contribution in [0.4, 0.5) is 0 Å². The molecule has 3 unspecified atom stereocenters. The number of carbonyl (C=O) groups excluding carboxylic acids is 2. The van der Waals surface area contributed by atoms with Crippen LogP contribution in [0, 0.1) is 17.8 Å². The average Bonchev–Trinajstić information content (AvgIpc) is 2.69. The summed E-state index contributed by atoms with van der Waals surface area (Å²) in [5, 5.41) is 32.5. The predicted molar refractivity (Wildman–Crippen MR) is 102 cm³/mol. The smallest absolute Gasteiger partial charge is 0.186 e. The predicted octanol–water partition coefficient (Wildman–Crippen LogP) is 3.50. The van der Waals surface area contributed by atoms with E-state index in [0.29, 0.717) is 6.42 Å². The Hall–Kier alpha value is -1.46. The highest BCUT2D eigenvalue weighted by Crippen LogP contribution is 2.44. The third kappa shape index (κ3) is 4.83. The van der Waals surface area contributed by atoms with Crippen molar-refractivity contribution in [2.45, 2.75) is 78.9 Å². The first-order valence-electron chi connectivity index (χ1n) is 9.46. The van der Waals surface area contributed by atoms with Gasteiger partial charge in [0.15, 0.2) is 17.2 Å². The van der Waals surface area contributed by atoms with Gasteiger partial charge in [0.05, 0.1) is 11.7 Å². The minimum absolute atomic E-state index is 0.0385. The van der Waals surface area contributed by atoms with Crippen molar-refractivity contribution in [2.75, 3.05) is 0 Å². The van der Waals surface area contributed by atoms with Gasteiger partial charge in [-0.3, -0.25) is 9.59 Å². The van der Waals surface area contributed by atoms with Gasteiger partial charge in [-0.05, 0) is 38.5 Å². The zero-order valence-corrected chi connectivity index (χ0v) is 16.9. The number of carbonyl (C=O) groups is 2. The fraction of sp³-hybridized carbons (Fsp3) is 0.714. The lowest BCUT2D eigenvalue weighted by Crippen LogP contribution is -2.47. The maximum atomic E-state index is 12.8. The third-order valence-electron chi connectivity index (χ3n) is 4.88. The van der Waals surface area contributed by atoms with Gasteiger partial charge in [-0.1, -0.05) is 39.3 Å². The zero-order valence-electron chi connectivity index (χ0n) is 16.9. The number of rotatable bonds is 9. The summed E-state index contributed by atoms with van der Waals surface area (Å²) < 4.78 is 0. The van der Waals surface area contributed by atoms with Gasteiger partial charge < -0.3 is 15.3 Å². The van der Waals surface area contributed by atoms with Crippen molar-refractivity contribution in [3.63, 3.8) is 0 Å². The topological polar surface area (TPSA) is 94.8 Å². The molecular formula is C21H34O5. The summed E-state index contributed by atoms with van der Waals surface area (Å²) >= 11 is 0. The number of aliphatic hydroxyl groups is 3. The van der Waals surface area contributed by atoms with Gasteiger partial charge in [-0.15, -0.1) is 0 Å². The quantitative estimate of drug-likeness (QED) is 0.543. The van der Waals surface area contributed by atoms with Crippen LogP contribution in [0.1, 0.15) is 67.2 Å². The number of hydrogen-bond donors (Lipinski definition) is 3. The van der Waals surface area contributed by atoms with Crippen LogP contribution in [0.2, 0.25) is 0 Å². The molecule has 0 aromatic heterocycles. The van der Waals surface area contributed by atoms with Gasteiger partial charge in [-0.25, -0.2) is 0 Å². The normalized spacial score (nSPS) is 25.9. The maximum absolute atomic E-state index is 12.8. The molecule has 0 aromatic rings. The molecule has 148 valence electrons. The van der Waals surface area contributed by atoms with Crippen LogP contribution < -0.4 is 0 Å². The van der Waals surface area contributed by atoms with Gasteiger partial charge >= 0.3 is 0 Å². The second-order valence-corrected chi connectivity index (χ2v) is 8.47.